The van der Waals surface area contributed by atoms with Gasteiger partial charge < -0.3 is 10.2 Å². The van der Waals surface area contributed by atoms with Crippen LogP contribution in [0.15, 0.2) is 6.20 Å². The Kier molecular flexibility index (Phi) is 5.61. The van der Waals surface area contributed by atoms with Crippen molar-refractivity contribution in [2.75, 3.05) is 20.1 Å². The minimum atomic E-state index is 0.252. The Morgan fingerprint density at radius 2 is 2.15 bits per heavy atom. The molecule has 1 unspecified atom stereocenters. The van der Waals surface area contributed by atoms with Gasteiger partial charge in [-0.15, -0.1) is 0 Å². The fourth-order valence-electron chi connectivity index (χ4n) is 3.97. The molecule has 142 valence electrons. The Labute approximate surface area is 156 Å². The standard InChI is InChI=1S/C20H31N5O/c1-13(2)25-20-18(11-22-25)14(3)17(15(4)23-20)8-9-19(26)24-10-6-7-16(12-24)21-5/h11,13,16,21H,6-10,12H2,1-5H3. The average molecular weight is 358 g/mol. The van der Waals surface area contributed by atoms with E-state index >= 15 is 0 Å². The van der Waals surface area contributed by atoms with Gasteiger partial charge in [0.1, 0.15) is 0 Å². The zero-order chi connectivity index (χ0) is 18.8. The largest absolute Gasteiger partial charge is 0.341 e. The lowest BCUT2D eigenvalue weighted by atomic mass is 9.99. The number of hydrogen-bond donors (Lipinski definition) is 1. The number of aromatic nitrogens is 3. The molecule has 2 aromatic heterocycles. The van der Waals surface area contributed by atoms with Gasteiger partial charge in [0.15, 0.2) is 5.65 Å². The molecule has 0 bridgehead atoms. The number of likely N-dealkylation sites (tertiary alicyclic amines) is 1. The lowest BCUT2D eigenvalue weighted by Crippen LogP contribution is -2.47. The van der Waals surface area contributed by atoms with Gasteiger partial charge in [0.2, 0.25) is 5.91 Å². The number of amides is 1. The molecule has 6 heteroatoms. The summed E-state index contributed by atoms with van der Waals surface area (Å²) in [5.41, 5.74) is 4.35. The van der Waals surface area contributed by atoms with E-state index in [1.807, 2.05) is 29.7 Å². The fraction of sp³-hybridized carbons (Fsp3) is 0.650. The van der Waals surface area contributed by atoms with Crippen molar-refractivity contribution in [1.29, 1.82) is 0 Å². The molecule has 0 aliphatic carbocycles. The Bertz CT molecular complexity index is 795. The normalized spacial score (nSPS) is 18.1. The topological polar surface area (TPSA) is 63.1 Å². The van der Waals surface area contributed by atoms with Crippen molar-refractivity contribution >= 4 is 16.9 Å². The summed E-state index contributed by atoms with van der Waals surface area (Å²) >= 11 is 0. The maximum absolute atomic E-state index is 12.7. The molecule has 1 N–H and O–H groups in total. The molecule has 0 radical (unpaired) electrons. The van der Waals surface area contributed by atoms with Gasteiger partial charge >= 0.3 is 0 Å². The summed E-state index contributed by atoms with van der Waals surface area (Å²) in [5.74, 6) is 0.252. The number of rotatable bonds is 5. The van der Waals surface area contributed by atoms with Crippen molar-refractivity contribution < 1.29 is 4.79 Å². The number of hydrogen-bond acceptors (Lipinski definition) is 4. The van der Waals surface area contributed by atoms with Gasteiger partial charge in [-0.25, -0.2) is 9.67 Å². The lowest BCUT2D eigenvalue weighted by molar-refractivity contribution is -0.132. The number of aryl methyl sites for hydroxylation is 2. The van der Waals surface area contributed by atoms with Crippen LogP contribution in [-0.4, -0.2) is 51.8 Å². The zero-order valence-corrected chi connectivity index (χ0v) is 16.7. The van der Waals surface area contributed by atoms with Gasteiger partial charge in [-0.3, -0.25) is 4.79 Å². The second kappa shape index (κ2) is 7.74. The second-order valence-electron chi connectivity index (χ2n) is 7.69. The van der Waals surface area contributed by atoms with Crippen molar-refractivity contribution in [1.82, 2.24) is 25.0 Å². The van der Waals surface area contributed by atoms with Crippen molar-refractivity contribution in [3.8, 4) is 0 Å². The Balaban J connectivity index is 1.75. The van der Waals surface area contributed by atoms with E-state index in [1.54, 1.807) is 0 Å². The summed E-state index contributed by atoms with van der Waals surface area (Å²) in [6.45, 7) is 10.1. The van der Waals surface area contributed by atoms with Crippen LogP contribution in [0, 0.1) is 13.8 Å². The first-order valence-corrected chi connectivity index (χ1v) is 9.70. The van der Waals surface area contributed by atoms with Crippen LogP contribution in [-0.2, 0) is 11.2 Å². The van der Waals surface area contributed by atoms with Gasteiger partial charge in [0.25, 0.3) is 0 Å². The van der Waals surface area contributed by atoms with Crippen molar-refractivity contribution in [3.63, 3.8) is 0 Å². The number of fused-ring (bicyclic) bond motifs is 1. The van der Waals surface area contributed by atoms with Crippen LogP contribution < -0.4 is 5.32 Å². The van der Waals surface area contributed by atoms with Crippen LogP contribution in [0.4, 0.5) is 0 Å². The average Bonchev–Trinajstić information content (AvgIpc) is 3.05. The first-order valence-electron chi connectivity index (χ1n) is 9.70. The summed E-state index contributed by atoms with van der Waals surface area (Å²) < 4.78 is 1.97. The number of carbonyl (C=O) groups is 1. The van der Waals surface area contributed by atoms with E-state index in [9.17, 15) is 4.79 Å². The Morgan fingerprint density at radius 3 is 2.85 bits per heavy atom. The summed E-state index contributed by atoms with van der Waals surface area (Å²) in [5, 5.41) is 8.89. The molecule has 1 fully saturated rings. The van der Waals surface area contributed by atoms with E-state index < -0.39 is 0 Å². The highest BCUT2D eigenvalue weighted by molar-refractivity contribution is 5.81. The number of piperidine rings is 1. The molecule has 0 saturated carbocycles. The number of carbonyl (C=O) groups excluding carboxylic acids is 1. The first-order chi connectivity index (χ1) is 12.4. The predicted octanol–water partition coefficient (Wildman–Crippen LogP) is 2.77. The van der Waals surface area contributed by atoms with Crippen molar-refractivity contribution in [2.45, 2.75) is 65.5 Å². The second-order valence-corrected chi connectivity index (χ2v) is 7.69. The maximum atomic E-state index is 12.7. The van der Waals surface area contributed by atoms with E-state index in [0.717, 1.165) is 49.1 Å². The third-order valence-corrected chi connectivity index (χ3v) is 5.60. The molecule has 2 aromatic rings. The predicted molar refractivity (Wildman–Crippen MR) is 104 cm³/mol. The quantitative estimate of drug-likeness (QED) is 0.894. The highest BCUT2D eigenvalue weighted by Gasteiger charge is 2.23. The molecular formula is C20H31N5O. The van der Waals surface area contributed by atoms with Gasteiger partial charge in [-0.2, -0.15) is 5.10 Å². The molecule has 3 rings (SSSR count). The molecule has 1 saturated heterocycles. The third-order valence-electron chi connectivity index (χ3n) is 5.60. The summed E-state index contributed by atoms with van der Waals surface area (Å²) in [6, 6.07) is 0.710. The first kappa shape index (κ1) is 18.8. The number of nitrogens with one attached hydrogen (secondary N) is 1. The highest BCUT2D eigenvalue weighted by Crippen LogP contribution is 2.25. The summed E-state index contributed by atoms with van der Waals surface area (Å²) in [6.07, 6.45) is 5.43. The Hall–Kier alpha value is -1.95. The molecule has 0 spiro atoms. The summed E-state index contributed by atoms with van der Waals surface area (Å²) in [4.78, 5) is 19.5. The maximum Gasteiger partial charge on any atom is 0.222 e. The number of pyridine rings is 1. The van der Waals surface area contributed by atoms with Gasteiger partial charge in [0.05, 0.1) is 6.20 Å². The van der Waals surface area contributed by atoms with Gasteiger partial charge in [-0.1, -0.05) is 0 Å². The molecule has 1 atom stereocenters. The van der Waals surface area contributed by atoms with Crippen LogP contribution in [0.5, 0.6) is 0 Å². The number of nitrogens with zero attached hydrogens (tertiary/aromatic N) is 4. The van der Waals surface area contributed by atoms with Gasteiger partial charge in [-0.05, 0) is 65.1 Å². The molecule has 0 aromatic carbocycles. The number of likely N-dealkylation sites (N-methyl/N-ethyl adjacent to an activating group) is 1. The monoisotopic (exact) mass is 357 g/mol. The van der Waals surface area contributed by atoms with Crippen LogP contribution >= 0.6 is 0 Å². The van der Waals surface area contributed by atoms with E-state index in [0.29, 0.717) is 12.5 Å². The SMILES string of the molecule is CNC1CCCN(C(=O)CCc2c(C)nc3c(cnn3C(C)C)c2C)C1. The van der Waals surface area contributed by atoms with Gasteiger partial charge in [0, 0.05) is 42.7 Å². The van der Waals surface area contributed by atoms with E-state index in [4.69, 9.17) is 4.98 Å². The molecule has 1 aliphatic rings. The fourth-order valence-corrected chi connectivity index (χ4v) is 3.97. The molecule has 26 heavy (non-hydrogen) atoms. The van der Waals surface area contributed by atoms with Crippen LogP contribution in [0.25, 0.3) is 11.0 Å². The van der Waals surface area contributed by atoms with E-state index in [1.165, 1.54) is 11.1 Å². The summed E-state index contributed by atoms with van der Waals surface area (Å²) in [7, 11) is 1.98. The molecule has 1 aliphatic heterocycles. The van der Waals surface area contributed by atoms with E-state index in [2.05, 4.69) is 31.2 Å². The van der Waals surface area contributed by atoms with Crippen molar-refractivity contribution in [2.24, 2.45) is 0 Å². The van der Waals surface area contributed by atoms with E-state index in [-0.39, 0.29) is 11.9 Å². The van der Waals surface area contributed by atoms with Crippen LogP contribution in [0.2, 0.25) is 0 Å². The van der Waals surface area contributed by atoms with Crippen LogP contribution in [0.1, 0.15) is 56.0 Å². The Morgan fingerprint density at radius 1 is 1.38 bits per heavy atom. The molecule has 1 amide bonds. The highest BCUT2D eigenvalue weighted by atomic mass is 16.2. The van der Waals surface area contributed by atoms with Crippen LogP contribution in [0.3, 0.4) is 0 Å². The minimum Gasteiger partial charge on any atom is -0.341 e. The molecule has 6 nitrogen and oxygen atoms in total. The smallest absolute Gasteiger partial charge is 0.222 e. The minimum absolute atomic E-state index is 0.252. The zero-order valence-electron chi connectivity index (χ0n) is 16.7. The third kappa shape index (κ3) is 3.61. The molecular weight excluding hydrogens is 326 g/mol. The molecule has 3 heterocycles. The lowest BCUT2D eigenvalue weighted by Gasteiger charge is -2.32. The van der Waals surface area contributed by atoms with Crippen molar-refractivity contribution in [3.05, 3.63) is 23.0 Å².